The third kappa shape index (κ3) is 5.14. The molecule has 0 radical (unpaired) electrons. The second kappa shape index (κ2) is 6.84. The quantitative estimate of drug-likeness (QED) is 0.887. The highest BCUT2D eigenvalue weighted by Crippen LogP contribution is 2.22. The smallest absolute Gasteiger partial charge is 0.407 e. The number of benzene rings is 1. The Balaban J connectivity index is 1.69. The van der Waals surface area contributed by atoms with Crippen molar-refractivity contribution in [3.05, 3.63) is 34.6 Å². The van der Waals surface area contributed by atoms with Gasteiger partial charge in [-0.1, -0.05) is 11.6 Å². The predicted molar refractivity (Wildman–Crippen MR) is 84.4 cm³/mol. The van der Waals surface area contributed by atoms with Crippen LogP contribution in [0.3, 0.4) is 0 Å². The van der Waals surface area contributed by atoms with E-state index in [0.29, 0.717) is 17.1 Å². The molecule has 1 saturated carbocycles. The summed E-state index contributed by atoms with van der Waals surface area (Å²) in [6.07, 6.45) is 1.22. The molecule has 1 aliphatic rings. The molecule has 2 N–H and O–H groups in total. The van der Waals surface area contributed by atoms with E-state index >= 15 is 0 Å². The zero-order chi connectivity index (χ0) is 16.3. The molecule has 122 valence electrons. The van der Waals surface area contributed by atoms with Crippen LogP contribution in [0.2, 0.25) is 5.02 Å². The van der Waals surface area contributed by atoms with Gasteiger partial charge in [-0.3, -0.25) is 0 Å². The van der Waals surface area contributed by atoms with Gasteiger partial charge in [0.15, 0.2) is 0 Å². The van der Waals surface area contributed by atoms with Gasteiger partial charge in [0.1, 0.15) is 11.4 Å². The summed E-state index contributed by atoms with van der Waals surface area (Å²) in [6.45, 7) is 5.92. The summed E-state index contributed by atoms with van der Waals surface area (Å²) in [5, 5.41) is 6.61. The number of alkyl carbamates (subject to hydrolysis) is 1. The zero-order valence-corrected chi connectivity index (χ0v) is 13.8. The molecule has 1 aromatic rings. The van der Waals surface area contributed by atoms with E-state index in [-0.39, 0.29) is 17.9 Å². The third-order valence-electron chi connectivity index (χ3n) is 3.45. The average Bonchev–Trinajstić information content (AvgIpc) is 2.33. The largest absolute Gasteiger partial charge is 0.444 e. The topological polar surface area (TPSA) is 50.4 Å². The van der Waals surface area contributed by atoms with E-state index < -0.39 is 11.7 Å². The maximum atomic E-state index is 13.6. The van der Waals surface area contributed by atoms with Crippen LogP contribution in [-0.2, 0) is 11.3 Å². The number of halogens is 2. The molecule has 0 aromatic heterocycles. The Bertz CT molecular complexity index is 539. The molecular formula is C16H22ClFN2O2. The summed E-state index contributed by atoms with van der Waals surface area (Å²) < 4.78 is 18.8. The first-order valence-corrected chi connectivity index (χ1v) is 7.77. The number of hydrogen-bond acceptors (Lipinski definition) is 3. The lowest BCUT2D eigenvalue weighted by molar-refractivity contribution is 0.0465. The molecular weight excluding hydrogens is 307 g/mol. The molecule has 1 aromatic carbocycles. The van der Waals surface area contributed by atoms with Crippen LogP contribution >= 0.6 is 11.6 Å². The lowest BCUT2D eigenvalue weighted by Gasteiger charge is -2.36. The van der Waals surface area contributed by atoms with Gasteiger partial charge in [-0.15, -0.1) is 0 Å². The van der Waals surface area contributed by atoms with E-state index in [1.54, 1.807) is 6.07 Å². The Morgan fingerprint density at radius 1 is 1.36 bits per heavy atom. The van der Waals surface area contributed by atoms with E-state index in [0.717, 1.165) is 12.8 Å². The van der Waals surface area contributed by atoms with Crippen molar-refractivity contribution in [2.45, 2.75) is 57.8 Å². The molecule has 6 heteroatoms. The number of rotatable bonds is 4. The summed E-state index contributed by atoms with van der Waals surface area (Å²) in [5.74, 6) is -0.264. The molecule has 0 unspecified atom stereocenters. The van der Waals surface area contributed by atoms with Gasteiger partial charge >= 0.3 is 6.09 Å². The highest BCUT2D eigenvalue weighted by molar-refractivity contribution is 6.30. The van der Waals surface area contributed by atoms with Crippen molar-refractivity contribution in [2.75, 3.05) is 0 Å². The highest BCUT2D eigenvalue weighted by Gasteiger charge is 2.31. The molecule has 0 spiro atoms. The number of nitrogens with one attached hydrogen (secondary N) is 2. The van der Waals surface area contributed by atoms with Crippen LogP contribution in [0.15, 0.2) is 18.2 Å². The predicted octanol–water partition coefficient (Wildman–Crippen LogP) is 3.62. The van der Waals surface area contributed by atoms with Crippen LogP contribution in [-0.4, -0.2) is 23.8 Å². The Hall–Kier alpha value is -1.33. The van der Waals surface area contributed by atoms with Crippen LogP contribution in [0.25, 0.3) is 0 Å². The minimum absolute atomic E-state index is 0.108. The first-order valence-electron chi connectivity index (χ1n) is 7.40. The highest BCUT2D eigenvalue weighted by atomic mass is 35.5. The van der Waals surface area contributed by atoms with Crippen LogP contribution in [0.5, 0.6) is 0 Å². The van der Waals surface area contributed by atoms with Gasteiger partial charge in [0, 0.05) is 29.2 Å². The van der Waals surface area contributed by atoms with Crippen molar-refractivity contribution in [1.82, 2.24) is 10.6 Å². The van der Waals surface area contributed by atoms with Crippen molar-refractivity contribution < 1.29 is 13.9 Å². The number of ether oxygens (including phenoxy) is 1. The Kier molecular flexibility index (Phi) is 5.29. The molecule has 1 aliphatic carbocycles. The average molecular weight is 329 g/mol. The van der Waals surface area contributed by atoms with E-state index in [1.807, 2.05) is 20.8 Å². The van der Waals surface area contributed by atoms with E-state index in [4.69, 9.17) is 16.3 Å². The fourth-order valence-corrected chi connectivity index (χ4v) is 2.50. The Morgan fingerprint density at radius 2 is 2.05 bits per heavy atom. The van der Waals surface area contributed by atoms with Gasteiger partial charge in [0.05, 0.1) is 0 Å². The minimum atomic E-state index is -0.490. The maximum Gasteiger partial charge on any atom is 0.407 e. The molecule has 0 heterocycles. The second-order valence-electron chi connectivity index (χ2n) is 6.63. The molecule has 22 heavy (non-hydrogen) atoms. The van der Waals surface area contributed by atoms with Crippen LogP contribution in [0, 0.1) is 5.82 Å². The monoisotopic (exact) mass is 328 g/mol. The molecule has 0 saturated heterocycles. The normalized spacial score (nSPS) is 21.1. The van der Waals surface area contributed by atoms with Gasteiger partial charge in [0.25, 0.3) is 0 Å². The zero-order valence-electron chi connectivity index (χ0n) is 13.1. The lowest BCUT2D eigenvalue weighted by Crippen LogP contribution is -2.53. The fraction of sp³-hybridized carbons (Fsp3) is 0.562. The lowest BCUT2D eigenvalue weighted by atomic mass is 9.86. The molecule has 4 nitrogen and oxygen atoms in total. The maximum absolute atomic E-state index is 13.6. The molecule has 1 fully saturated rings. The number of carbonyl (C=O) groups is 1. The molecule has 2 rings (SSSR count). The van der Waals surface area contributed by atoms with Gasteiger partial charge < -0.3 is 15.4 Å². The standard InChI is InChI=1S/C16H22ClFN2O2/c1-16(2,3)22-15(21)20-13-7-12(8-13)19-9-10-6-11(17)4-5-14(10)18/h4-6,12-13,19H,7-9H2,1-3H3,(H,20,21). The van der Waals surface area contributed by atoms with Crippen molar-refractivity contribution >= 4 is 17.7 Å². The van der Waals surface area contributed by atoms with Crippen LogP contribution < -0.4 is 10.6 Å². The van der Waals surface area contributed by atoms with Crippen LogP contribution in [0.1, 0.15) is 39.2 Å². The van der Waals surface area contributed by atoms with Gasteiger partial charge in [0.2, 0.25) is 0 Å². The molecule has 0 atom stereocenters. The number of hydrogen-bond donors (Lipinski definition) is 2. The Labute approximate surface area is 135 Å². The summed E-state index contributed by atoms with van der Waals surface area (Å²) >= 11 is 5.86. The first kappa shape index (κ1) is 17.0. The van der Waals surface area contributed by atoms with Gasteiger partial charge in [-0.25, -0.2) is 9.18 Å². The van der Waals surface area contributed by atoms with E-state index in [9.17, 15) is 9.18 Å². The summed E-state index contributed by atoms with van der Waals surface area (Å²) in [4.78, 5) is 11.6. The number of amides is 1. The summed E-state index contributed by atoms with van der Waals surface area (Å²) in [7, 11) is 0. The second-order valence-corrected chi connectivity index (χ2v) is 7.06. The van der Waals surface area contributed by atoms with Crippen molar-refractivity contribution in [3.63, 3.8) is 0 Å². The molecule has 0 aliphatic heterocycles. The Morgan fingerprint density at radius 3 is 2.68 bits per heavy atom. The van der Waals surface area contributed by atoms with Crippen LogP contribution in [0.4, 0.5) is 9.18 Å². The summed E-state index contributed by atoms with van der Waals surface area (Å²) in [6, 6.07) is 4.89. The van der Waals surface area contributed by atoms with Crippen molar-refractivity contribution in [3.8, 4) is 0 Å². The molecule has 1 amide bonds. The SMILES string of the molecule is CC(C)(C)OC(=O)NC1CC(NCc2cc(Cl)ccc2F)C1. The van der Waals surface area contributed by atoms with Gasteiger partial charge in [-0.05, 0) is 51.8 Å². The van der Waals surface area contributed by atoms with Gasteiger partial charge in [-0.2, -0.15) is 0 Å². The van der Waals surface area contributed by atoms with E-state index in [1.165, 1.54) is 12.1 Å². The van der Waals surface area contributed by atoms with Crippen molar-refractivity contribution in [1.29, 1.82) is 0 Å². The first-order chi connectivity index (χ1) is 10.2. The fourth-order valence-electron chi connectivity index (χ4n) is 2.31. The minimum Gasteiger partial charge on any atom is -0.444 e. The number of carbonyl (C=O) groups excluding carboxylic acids is 1. The van der Waals surface area contributed by atoms with E-state index in [2.05, 4.69) is 10.6 Å². The molecule has 0 bridgehead atoms. The third-order valence-corrected chi connectivity index (χ3v) is 3.68. The summed E-state index contributed by atoms with van der Waals surface area (Å²) in [5.41, 5.74) is 0.0614. The van der Waals surface area contributed by atoms with Crippen molar-refractivity contribution in [2.24, 2.45) is 0 Å².